The van der Waals surface area contributed by atoms with E-state index in [0.29, 0.717) is 24.7 Å². The molecule has 2 bridgehead atoms. The summed E-state index contributed by atoms with van der Waals surface area (Å²) in [6, 6.07) is 1.56. The van der Waals surface area contributed by atoms with Gasteiger partial charge in [0.2, 0.25) is 11.8 Å². The van der Waals surface area contributed by atoms with Crippen molar-refractivity contribution < 1.29 is 9.59 Å². The van der Waals surface area contributed by atoms with Crippen LogP contribution in [0.25, 0.3) is 0 Å². The quantitative estimate of drug-likeness (QED) is 0.855. The SMILES string of the molecule is CCC(C)C(=O)N1CCCC(C(=O)N(C)C2CC3CCC(C2)N3)C1. The third-order valence-electron chi connectivity index (χ3n) is 6.46. The van der Waals surface area contributed by atoms with Crippen LogP contribution in [0.3, 0.4) is 0 Å². The van der Waals surface area contributed by atoms with Crippen LogP contribution in [0.2, 0.25) is 0 Å². The summed E-state index contributed by atoms with van der Waals surface area (Å²) in [7, 11) is 1.98. The molecule has 0 radical (unpaired) electrons. The Morgan fingerprint density at radius 1 is 1.21 bits per heavy atom. The molecule has 3 aliphatic heterocycles. The molecule has 4 unspecified atom stereocenters. The van der Waals surface area contributed by atoms with E-state index in [-0.39, 0.29) is 23.7 Å². The maximum atomic E-state index is 13.0. The zero-order valence-electron chi connectivity index (χ0n) is 15.5. The first-order valence-corrected chi connectivity index (χ1v) is 9.81. The Morgan fingerprint density at radius 2 is 1.88 bits per heavy atom. The summed E-state index contributed by atoms with van der Waals surface area (Å²) in [4.78, 5) is 29.4. The van der Waals surface area contributed by atoms with Crippen molar-refractivity contribution >= 4 is 11.8 Å². The van der Waals surface area contributed by atoms with E-state index in [4.69, 9.17) is 0 Å². The molecular weight excluding hydrogens is 302 g/mol. The molecule has 136 valence electrons. The molecule has 3 fully saturated rings. The van der Waals surface area contributed by atoms with Gasteiger partial charge in [-0.15, -0.1) is 0 Å². The van der Waals surface area contributed by atoms with Crippen LogP contribution >= 0.6 is 0 Å². The van der Waals surface area contributed by atoms with E-state index in [9.17, 15) is 9.59 Å². The van der Waals surface area contributed by atoms with Gasteiger partial charge in [-0.05, 0) is 44.9 Å². The van der Waals surface area contributed by atoms with Gasteiger partial charge in [0, 0.05) is 44.2 Å². The Hall–Kier alpha value is -1.10. The van der Waals surface area contributed by atoms with Crippen LogP contribution in [0.15, 0.2) is 0 Å². The van der Waals surface area contributed by atoms with E-state index >= 15 is 0 Å². The van der Waals surface area contributed by atoms with Crippen LogP contribution in [0.4, 0.5) is 0 Å². The molecule has 0 saturated carbocycles. The summed E-state index contributed by atoms with van der Waals surface area (Å²) in [5, 5.41) is 3.64. The van der Waals surface area contributed by atoms with Crippen LogP contribution in [0.5, 0.6) is 0 Å². The minimum atomic E-state index is -0.00991. The standard InChI is InChI=1S/C19H33N3O2/c1-4-13(2)18(23)22-9-5-6-14(12-22)19(24)21(3)17-10-15-7-8-16(11-17)20-15/h13-17,20H,4-12H2,1-3H3. The second-order valence-corrected chi connectivity index (χ2v) is 8.14. The highest BCUT2D eigenvalue weighted by molar-refractivity contribution is 5.82. The van der Waals surface area contributed by atoms with Gasteiger partial charge in [0.1, 0.15) is 0 Å². The van der Waals surface area contributed by atoms with Crippen molar-refractivity contribution in [1.29, 1.82) is 0 Å². The van der Waals surface area contributed by atoms with Crippen molar-refractivity contribution in [2.24, 2.45) is 11.8 Å². The van der Waals surface area contributed by atoms with Gasteiger partial charge in [0.15, 0.2) is 0 Å². The second-order valence-electron chi connectivity index (χ2n) is 8.14. The number of carbonyl (C=O) groups excluding carboxylic acids is 2. The minimum Gasteiger partial charge on any atom is -0.342 e. The highest BCUT2D eigenvalue weighted by Crippen LogP contribution is 2.30. The molecule has 0 aromatic rings. The summed E-state index contributed by atoms with van der Waals surface area (Å²) in [5.41, 5.74) is 0. The summed E-state index contributed by atoms with van der Waals surface area (Å²) in [6.45, 7) is 5.47. The lowest BCUT2D eigenvalue weighted by molar-refractivity contribution is -0.143. The van der Waals surface area contributed by atoms with Crippen LogP contribution in [-0.2, 0) is 9.59 Å². The van der Waals surface area contributed by atoms with Gasteiger partial charge >= 0.3 is 0 Å². The highest BCUT2D eigenvalue weighted by Gasteiger charge is 2.39. The minimum absolute atomic E-state index is 0.00991. The maximum Gasteiger partial charge on any atom is 0.227 e. The Kier molecular flexibility index (Phi) is 5.48. The number of nitrogens with zero attached hydrogens (tertiary/aromatic N) is 2. The first kappa shape index (κ1) is 17.7. The topological polar surface area (TPSA) is 52.7 Å². The van der Waals surface area contributed by atoms with Crippen molar-refractivity contribution in [2.45, 2.75) is 76.9 Å². The zero-order valence-corrected chi connectivity index (χ0v) is 15.5. The Bertz CT molecular complexity index is 469. The van der Waals surface area contributed by atoms with E-state index in [1.54, 1.807) is 0 Å². The molecule has 0 aromatic heterocycles. The number of fused-ring (bicyclic) bond motifs is 2. The molecule has 3 heterocycles. The average molecular weight is 335 g/mol. The first-order chi connectivity index (χ1) is 11.5. The molecule has 3 aliphatic rings. The van der Waals surface area contributed by atoms with E-state index in [2.05, 4.69) is 5.32 Å². The van der Waals surface area contributed by atoms with Crippen molar-refractivity contribution in [1.82, 2.24) is 15.1 Å². The molecule has 24 heavy (non-hydrogen) atoms. The summed E-state index contributed by atoms with van der Waals surface area (Å²) in [6.07, 6.45) is 7.41. The molecule has 0 aromatic carbocycles. The molecule has 0 spiro atoms. The van der Waals surface area contributed by atoms with Crippen molar-refractivity contribution in [2.75, 3.05) is 20.1 Å². The fraction of sp³-hybridized carbons (Fsp3) is 0.895. The molecule has 3 saturated heterocycles. The van der Waals surface area contributed by atoms with Crippen LogP contribution in [0.1, 0.15) is 58.8 Å². The third-order valence-corrected chi connectivity index (χ3v) is 6.46. The number of rotatable bonds is 4. The summed E-state index contributed by atoms with van der Waals surface area (Å²) in [5.74, 6) is 0.529. The van der Waals surface area contributed by atoms with Gasteiger partial charge in [-0.25, -0.2) is 0 Å². The number of likely N-dealkylation sites (tertiary alicyclic amines) is 1. The van der Waals surface area contributed by atoms with E-state index in [1.807, 2.05) is 30.7 Å². The van der Waals surface area contributed by atoms with Crippen LogP contribution < -0.4 is 5.32 Å². The smallest absolute Gasteiger partial charge is 0.227 e. The Labute approximate surface area is 146 Å². The van der Waals surface area contributed by atoms with E-state index < -0.39 is 0 Å². The molecule has 5 heteroatoms. The maximum absolute atomic E-state index is 13.0. The molecule has 3 rings (SSSR count). The van der Waals surface area contributed by atoms with Gasteiger partial charge in [0.25, 0.3) is 0 Å². The third kappa shape index (κ3) is 3.61. The van der Waals surface area contributed by atoms with Crippen molar-refractivity contribution in [3.8, 4) is 0 Å². The number of amides is 2. The number of hydrogen-bond donors (Lipinski definition) is 1. The number of hydrogen-bond acceptors (Lipinski definition) is 3. The lowest BCUT2D eigenvalue weighted by Gasteiger charge is -2.39. The Morgan fingerprint density at radius 3 is 2.50 bits per heavy atom. The van der Waals surface area contributed by atoms with Gasteiger partial charge < -0.3 is 15.1 Å². The Balaban J connectivity index is 1.58. The molecule has 1 N–H and O–H groups in total. The predicted octanol–water partition coefficient (Wildman–Crippen LogP) is 2.01. The molecule has 5 nitrogen and oxygen atoms in total. The lowest BCUT2D eigenvalue weighted by Crippen LogP contribution is -2.52. The average Bonchev–Trinajstić information content (AvgIpc) is 2.96. The van der Waals surface area contributed by atoms with Gasteiger partial charge in [-0.3, -0.25) is 9.59 Å². The summed E-state index contributed by atoms with van der Waals surface area (Å²) >= 11 is 0. The van der Waals surface area contributed by atoms with Gasteiger partial charge in [-0.1, -0.05) is 13.8 Å². The normalized spacial score (nSPS) is 34.0. The van der Waals surface area contributed by atoms with Gasteiger partial charge in [-0.2, -0.15) is 0 Å². The number of carbonyl (C=O) groups is 2. The molecular formula is C19H33N3O2. The van der Waals surface area contributed by atoms with Crippen LogP contribution in [-0.4, -0.2) is 59.9 Å². The van der Waals surface area contributed by atoms with E-state index in [0.717, 1.165) is 38.6 Å². The van der Waals surface area contributed by atoms with Gasteiger partial charge in [0.05, 0.1) is 5.92 Å². The largest absolute Gasteiger partial charge is 0.342 e. The molecule has 4 atom stereocenters. The number of nitrogens with one attached hydrogen (secondary N) is 1. The first-order valence-electron chi connectivity index (χ1n) is 9.81. The number of piperidine rings is 2. The molecule has 2 amide bonds. The lowest BCUT2D eigenvalue weighted by atomic mass is 9.92. The monoisotopic (exact) mass is 335 g/mol. The fourth-order valence-electron chi connectivity index (χ4n) is 4.68. The second kappa shape index (κ2) is 7.42. The van der Waals surface area contributed by atoms with Crippen LogP contribution in [0, 0.1) is 11.8 Å². The zero-order chi connectivity index (χ0) is 17.3. The fourth-order valence-corrected chi connectivity index (χ4v) is 4.68. The summed E-state index contributed by atoms with van der Waals surface area (Å²) < 4.78 is 0. The highest BCUT2D eigenvalue weighted by atomic mass is 16.2. The molecule has 0 aliphatic carbocycles. The predicted molar refractivity (Wildman–Crippen MR) is 94.5 cm³/mol. The van der Waals surface area contributed by atoms with Crippen molar-refractivity contribution in [3.05, 3.63) is 0 Å². The van der Waals surface area contributed by atoms with E-state index in [1.165, 1.54) is 12.8 Å². The van der Waals surface area contributed by atoms with Crippen molar-refractivity contribution in [3.63, 3.8) is 0 Å².